The molecule has 6 heteroatoms. The first-order valence-electron chi connectivity index (χ1n) is 5.36. The molecule has 1 fully saturated rings. The summed E-state index contributed by atoms with van der Waals surface area (Å²) in [7, 11) is 0. The summed E-state index contributed by atoms with van der Waals surface area (Å²) in [5, 5.41) is 2.98. The number of rotatable bonds is 4. The lowest BCUT2D eigenvalue weighted by Crippen LogP contribution is -2.48. The molecule has 1 aliphatic rings. The van der Waals surface area contributed by atoms with Gasteiger partial charge in [-0.1, -0.05) is 0 Å². The van der Waals surface area contributed by atoms with E-state index in [-0.39, 0.29) is 12.5 Å². The molecule has 0 spiro atoms. The number of hydrogen-bond acceptors (Lipinski definition) is 3. The molecule has 1 saturated heterocycles. The highest BCUT2D eigenvalue weighted by molar-refractivity contribution is 4.73. The quantitative estimate of drug-likeness (QED) is 0.764. The van der Waals surface area contributed by atoms with E-state index >= 15 is 0 Å². The molecule has 1 aliphatic heterocycles. The summed E-state index contributed by atoms with van der Waals surface area (Å²) in [5.74, 6) is -0.579. The Balaban J connectivity index is 2.07. The van der Waals surface area contributed by atoms with Crippen molar-refractivity contribution < 1.29 is 22.6 Å². The van der Waals surface area contributed by atoms with Crippen LogP contribution in [0.5, 0.6) is 0 Å². The SMILES string of the molecule is CC1(C)OCC(NCCCC(F)(F)F)CO1. The second-order valence-corrected chi connectivity index (χ2v) is 4.39. The molecular formula is C10H18F3NO2. The van der Waals surface area contributed by atoms with E-state index in [4.69, 9.17) is 9.47 Å². The van der Waals surface area contributed by atoms with Gasteiger partial charge in [0.05, 0.1) is 19.3 Å². The molecule has 1 rings (SSSR count). The van der Waals surface area contributed by atoms with Crippen LogP contribution in [0.25, 0.3) is 0 Å². The fourth-order valence-corrected chi connectivity index (χ4v) is 1.41. The van der Waals surface area contributed by atoms with Gasteiger partial charge in [-0.15, -0.1) is 0 Å². The smallest absolute Gasteiger partial charge is 0.349 e. The number of alkyl halides is 3. The number of ether oxygens (including phenoxy) is 2. The van der Waals surface area contributed by atoms with Gasteiger partial charge in [0.25, 0.3) is 0 Å². The standard InChI is InChI=1S/C10H18F3NO2/c1-9(2)15-6-8(7-16-9)14-5-3-4-10(11,12)13/h8,14H,3-7H2,1-2H3. The van der Waals surface area contributed by atoms with E-state index in [0.29, 0.717) is 19.8 Å². The minimum absolute atomic E-state index is 0.0127. The average Bonchev–Trinajstić information content (AvgIpc) is 2.13. The van der Waals surface area contributed by atoms with Gasteiger partial charge in [0, 0.05) is 6.42 Å². The third-order valence-corrected chi connectivity index (χ3v) is 2.33. The average molecular weight is 241 g/mol. The van der Waals surface area contributed by atoms with Gasteiger partial charge in [-0.3, -0.25) is 0 Å². The number of nitrogens with one attached hydrogen (secondary N) is 1. The van der Waals surface area contributed by atoms with Crippen molar-refractivity contribution >= 4 is 0 Å². The highest BCUT2D eigenvalue weighted by Crippen LogP contribution is 2.21. The van der Waals surface area contributed by atoms with Crippen LogP contribution in [0, 0.1) is 0 Å². The molecule has 0 aromatic rings. The van der Waals surface area contributed by atoms with E-state index in [2.05, 4.69) is 5.32 Å². The van der Waals surface area contributed by atoms with Gasteiger partial charge in [0.1, 0.15) is 0 Å². The normalized spacial score (nSPS) is 22.3. The molecule has 0 radical (unpaired) electrons. The zero-order chi connectivity index (χ0) is 12.2. The van der Waals surface area contributed by atoms with Crippen LogP contribution < -0.4 is 5.32 Å². The van der Waals surface area contributed by atoms with Crippen molar-refractivity contribution in [3.63, 3.8) is 0 Å². The summed E-state index contributed by atoms with van der Waals surface area (Å²) < 4.78 is 46.3. The number of hydrogen-bond donors (Lipinski definition) is 1. The molecule has 0 amide bonds. The topological polar surface area (TPSA) is 30.5 Å². The Hall–Kier alpha value is -0.330. The molecule has 3 nitrogen and oxygen atoms in total. The van der Waals surface area contributed by atoms with Gasteiger partial charge < -0.3 is 14.8 Å². The Kier molecular flexibility index (Phi) is 4.58. The largest absolute Gasteiger partial charge is 0.389 e. The molecule has 0 aromatic heterocycles. The Morgan fingerprint density at radius 3 is 2.31 bits per heavy atom. The van der Waals surface area contributed by atoms with Crippen molar-refractivity contribution in [2.45, 2.75) is 44.7 Å². The minimum atomic E-state index is -4.07. The van der Waals surface area contributed by atoms with Crippen LogP contribution in [0.15, 0.2) is 0 Å². The summed E-state index contributed by atoms with van der Waals surface area (Å²) in [6.07, 6.45) is -4.73. The monoisotopic (exact) mass is 241 g/mol. The molecule has 0 aliphatic carbocycles. The van der Waals surface area contributed by atoms with Crippen molar-refractivity contribution in [3.05, 3.63) is 0 Å². The molecule has 0 saturated carbocycles. The molecule has 0 bridgehead atoms. The second kappa shape index (κ2) is 5.33. The van der Waals surface area contributed by atoms with Crippen molar-refractivity contribution in [2.75, 3.05) is 19.8 Å². The van der Waals surface area contributed by atoms with Crippen molar-refractivity contribution in [1.29, 1.82) is 0 Å². The van der Waals surface area contributed by atoms with Gasteiger partial charge in [0.15, 0.2) is 5.79 Å². The first-order valence-corrected chi connectivity index (χ1v) is 5.36. The summed E-state index contributed by atoms with van der Waals surface area (Å²) in [6, 6.07) is -0.0127. The lowest BCUT2D eigenvalue weighted by molar-refractivity contribution is -0.252. The molecule has 0 aromatic carbocycles. The van der Waals surface area contributed by atoms with E-state index in [1.807, 2.05) is 13.8 Å². The Labute approximate surface area is 93.3 Å². The highest BCUT2D eigenvalue weighted by Gasteiger charge is 2.29. The van der Waals surface area contributed by atoms with Crippen LogP contribution >= 0.6 is 0 Å². The summed E-state index contributed by atoms with van der Waals surface area (Å²) in [4.78, 5) is 0. The van der Waals surface area contributed by atoms with Crippen LogP contribution in [-0.2, 0) is 9.47 Å². The Morgan fingerprint density at radius 1 is 1.25 bits per heavy atom. The summed E-state index contributed by atoms with van der Waals surface area (Å²) in [6.45, 7) is 4.90. The highest BCUT2D eigenvalue weighted by atomic mass is 19.4. The lowest BCUT2D eigenvalue weighted by atomic mass is 10.2. The maximum atomic E-state index is 11.8. The zero-order valence-electron chi connectivity index (χ0n) is 9.56. The molecule has 0 atom stereocenters. The lowest BCUT2D eigenvalue weighted by Gasteiger charge is -2.35. The van der Waals surface area contributed by atoms with E-state index in [1.54, 1.807) is 0 Å². The van der Waals surface area contributed by atoms with Crippen molar-refractivity contribution in [2.24, 2.45) is 0 Å². The third kappa shape index (κ3) is 5.67. The minimum Gasteiger partial charge on any atom is -0.349 e. The van der Waals surface area contributed by atoms with Crippen LogP contribution in [0.3, 0.4) is 0 Å². The predicted molar refractivity (Wildman–Crippen MR) is 53.1 cm³/mol. The van der Waals surface area contributed by atoms with Gasteiger partial charge in [0.2, 0.25) is 0 Å². The molecule has 0 unspecified atom stereocenters. The van der Waals surface area contributed by atoms with E-state index < -0.39 is 18.4 Å². The maximum Gasteiger partial charge on any atom is 0.389 e. The van der Waals surface area contributed by atoms with Crippen LogP contribution in [0.4, 0.5) is 13.2 Å². The van der Waals surface area contributed by atoms with Gasteiger partial charge >= 0.3 is 6.18 Å². The first kappa shape index (κ1) is 13.7. The zero-order valence-corrected chi connectivity index (χ0v) is 9.56. The Morgan fingerprint density at radius 2 is 1.81 bits per heavy atom. The van der Waals surface area contributed by atoms with Crippen molar-refractivity contribution in [1.82, 2.24) is 5.32 Å². The van der Waals surface area contributed by atoms with E-state index in [9.17, 15) is 13.2 Å². The van der Waals surface area contributed by atoms with Crippen LogP contribution in [0.2, 0.25) is 0 Å². The van der Waals surface area contributed by atoms with E-state index in [1.165, 1.54) is 0 Å². The third-order valence-electron chi connectivity index (χ3n) is 2.33. The van der Waals surface area contributed by atoms with Crippen molar-refractivity contribution in [3.8, 4) is 0 Å². The van der Waals surface area contributed by atoms with Gasteiger partial charge in [-0.05, 0) is 26.8 Å². The fraction of sp³-hybridized carbons (Fsp3) is 1.00. The summed E-state index contributed by atoms with van der Waals surface area (Å²) >= 11 is 0. The van der Waals surface area contributed by atoms with Crippen LogP contribution in [-0.4, -0.2) is 37.8 Å². The maximum absolute atomic E-state index is 11.8. The van der Waals surface area contributed by atoms with Gasteiger partial charge in [-0.25, -0.2) is 0 Å². The van der Waals surface area contributed by atoms with E-state index in [0.717, 1.165) is 0 Å². The molecule has 1 heterocycles. The first-order chi connectivity index (χ1) is 7.29. The molecule has 96 valence electrons. The summed E-state index contributed by atoms with van der Waals surface area (Å²) in [5.41, 5.74) is 0. The number of halogens is 3. The molecular weight excluding hydrogens is 223 g/mol. The molecule has 16 heavy (non-hydrogen) atoms. The predicted octanol–water partition coefficient (Wildman–Crippen LogP) is 2.07. The Bertz CT molecular complexity index is 209. The van der Waals surface area contributed by atoms with Crippen LogP contribution in [0.1, 0.15) is 26.7 Å². The molecule has 1 N–H and O–H groups in total. The second-order valence-electron chi connectivity index (χ2n) is 4.39. The fourth-order valence-electron chi connectivity index (χ4n) is 1.41. The van der Waals surface area contributed by atoms with Gasteiger partial charge in [-0.2, -0.15) is 13.2 Å².